The highest BCUT2D eigenvalue weighted by molar-refractivity contribution is 5.60. The van der Waals surface area contributed by atoms with Crippen molar-refractivity contribution in [3.63, 3.8) is 0 Å². The van der Waals surface area contributed by atoms with Gasteiger partial charge in [-0.25, -0.2) is 0 Å². The Hall–Kier alpha value is -1.06. The van der Waals surface area contributed by atoms with E-state index in [1.54, 1.807) is 0 Å². The second-order valence-corrected chi connectivity index (χ2v) is 6.04. The number of hydrogen-bond donors (Lipinski definition) is 2. The minimum atomic E-state index is -0.301. The fourth-order valence-electron chi connectivity index (χ4n) is 2.89. The van der Waals surface area contributed by atoms with Gasteiger partial charge in [0.25, 0.3) is 0 Å². The van der Waals surface area contributed by atoms with Crippen LogP contribution in [0.25, 0.3) is 0 Å². The van der Waals surface area contributed by atoms with Crippen LogP contribution in [0.1, 0.15) is 37.8 Å². The van der Waals surface area contributed by atoms with Crippen molar-refractivity contribution < 1.29 is 5.11 Å². The van der Waals surface area contributed by atoms with Crippen molar-refractivity contribution in [1.82, 2.24) is 5.32 Å². The third kappa shape index (κ3) is 3.28. The number of nitrogens with zero attached hydrogens (tertiary/aromatic N) is 1. The summed E-state index contributed by atoms with van der Waals surface area (Å²) < 4.78 is 0. The zero-order chi connectivity index (χ0) is 14.0. The molecule has 19 heavy (non-hydrogen) atoms. The molecule has 1 aliphatic rings. The van der Waals surface area contributed by atoms with Crippen LogP contribution in [0.3, 0.4) is 0 Å². The summed E-state index contributed by atoms with van der Waals surface area (Å²) in [5, 5.41) is 13.4. The van der Waals surface area contributed by atoms with Crippen molar-refractivity contribution in [3.8, 4) is 0 Å². The lowest BCUT2D eigenvalue weighted by Crippen LogP contribution is -2.36. The Labute approximate surface area is 116 Å². The van der Waals surface area contributed by atoms with E-state index in [1.165, 1.54) is 16.8 Å². The van der Waals surface area contributed by atoms with Crippen molar-refractivity contribution in [1.29, 1.82) is 0 Å². The number of aliphatic hydroxyl groups excluding tert-OH is 1. The maximum atomic E-state index is 10.1. The molecule has 0 amide bonds. The van der Waals surface area contributed by atoms with E-state index in [0.717, 1.165) is 6.54 Å². The number of benzene rings is 1. The Kier molecular flexibility index (Phi) is 4.48. The summed E-state index contributed by atoms with van der Waals surface area (Å²) in [5.74, 6) is 0.499. The topological polar surface area (TPSA) is 35.5 Å². The molecule has 1 aliphatic heterocycles. The number of hydrogen-bond acceptors (Lipinski definition) is 3. The van der Waals surface area contributed by atoms with Crippen molar-refractivity contribution >= 4 is 5.69 Å². The summed E-state index contributed by atoms with van der Waals surface area (Å²) in [6.07, 6.45) is -0.301. The largest absolute Gasteiger partial charge is 0.390 e. The second kappa shape index (κ2) is 5.93. The summed E-state index contributed by atoms with van der Waals surface area (Å²) in [6, 6.07) is 6.90. The maximum Gasteiger partial charge on any atom is 0.0839 e. The third-order valence-electron chi connectivity index (χ3n) is 3.83. The Bertz CT molecular complexity index is 419. The van der Waals surface area contributed by atoms with Gasteiger partial charge < -0.3 is 15.3 Å². The molecule has 2 atom stereocenters. The molecule has 1 fully saturated rings. The van der Waals surface area contributed by atoms with E-state index < -0.39 is 0 Å². The summed E-state index contributed by atoms with van der Waals surface area (Å²) in [6.45, 7) is 11.1. The van der Waals surface area contributed by atoms with Crippen LogP contribution < -0.4 is 10.2 Å². The first-order valence-corrected chi connectivity index (χ1v) is 7.25. The van der Waals surface area contributed by atoms with Gasteiger partial charge in [-0.15, -0.1) is 0 Å². The molecule has 2 rings (SSSR count). The van der Waals surface area contributed by atoms with Gasteiger partial charge in [0.05, 0.1) is 6.10 Å². The molecule has 0 aliphatic carbocycles. The molecule has 1 aromatic carbocycles. The van der Waals surface area contributed by atoms with E-state index in [1.807, 2.05) is 0 Å². The van der Waals surface area contributed by atoms with Crippen molar-refractivity contribution in [3.05, 3.63) is 29.3 Å². The van der Waals surface area contributed by atoms with Gasteiger partial charge in [0, 0.05) is 31.4 Å². The Morgan fingerprint density at radius 3 is 2.74 bits per heavy atom. The second-order valence-electron chi connectivity index (χ2n) is 6.04. The minimum absolute atomic E-state index is 0.301. The highest BCUT2D eigenvalue weighted by atomic mass is 16.3. The lowest BCUT2D eigenvalue weighted by atomic mass is 9.97. The Morgan fingerprint density at radius 2 is 2.05 bits per heavy atom. The molecule has 0 radical (unpaired) electrons. The van der Waals surface area contributed by atoms with Crippen LogP contribution in [0.15, 0.2) is 18.2 Å². The van der Waals surface area contributed by atoms with Gasteiger partial charge in [0.2, 0.25) is 0 Å². The average molecular weight is 262 g/mol. The highest BCUT2D eigenvalue weighted by Gasteiger charge is 2.23. The molecule has 3 nitrogen and oxygen atoms in total. The van der Waals surface area contributed by atoms with Crippen LogP contribution in [0.2, 0.25) is 0 Å². The number of β-amino-alcohol motifs (C(OH)–C–C–N with tert-alkyl or cyclic N) is 1. The van der Waals surface area contributed by atoms with E-state index in [0.29, 0.717) is 25.0 Å². The van der Waals surface area contributed by atoms with Crippen molar-refractivity contribution in [2.24, 2.45) is 0 Å². The zero-order valence-electron chi connectivity index (χ0n) is 12.5. The fraction of sp³-hybridized carbons (Fsp3) is 0.625. The van der Waals surface area contributed by atoms with Crippen LogP contribution >= 0.6 is 0 Å². The molecule has 0 saturated carbocycles. The molecule has 1 heterocycles. The van der Waals surface area contributed by atoms with Gasteiger partial charge in [-0.2, -0.15) is 0 Å². The molecule has 3 heteroatoms. The van der Waals surface area contributed by atoms with Gasteiger partial charge >= 0.3 is 0 Å². The molecule has 0 spiro atoms. The van der Waals surface area contributed by atoms with E-state index >= 15 is 0 Å². The molecular weight excluding hydrogens is 236 g/mol. The molecule has 1 aromatic rings. The summed E-state index contributed by atoms with van der Waals surface area (Å²) >= 11 is 0. The van der Waals surface area contributed by atoms with Crippen molar-refractivity contribution in [2.45, 2.75) is 45.8 Å². The maximum absolute atomic E-state index is 10.1. The molecule has 0 aromatic heterocycles. The number of rotatable bonds is 2. The predicted molar refractivity (Wildman–Crippen MR) is 81.0 cm³/mol. The first-order valence-electron chi connectivity index (χ1n) is 7.25. The summed E-state index contributed by atoms with van der Waals surface area (Å²) in [5.41, 5.74) is 3.99. The minimum Gasteiger partial charge on any atom is -0.390 e. The lowest BCUT2D eigenvalue weighted by Gasteiger charge is -2.30. The number of para-hydroxylation sites is 1. The fourth-order valence-corrected chi connectivity index (χ4v) is 2.89. The third-order valence-corrected chi connectivity index (χ3v) is 3.83. The number of nitrogens with one attached hydrogen (secondary N) is 1. The number of aliphatic hydroxyl groups is 1. The van der Waals surface area contributed by atoms with Gasteiger partial charge in [-0.1, -0.05) is 32.0 Å². The predicted octanol–water partition coefficient (Wildman–Crippen LogP) is 2.28. The van der Waals surface area contributed by atoms with Crippen LogP contribution in [0.5, 0.6) is 0 Å². The van der Waals surface area contributed by atoms with Crippen molar-refractivity contribution in [2.75, 3.05) is 24.5 Å². The molecule has 0 bridgehead atoms. The summed E-state index contributed by atoms with van der Waals surface area (Å²) in [7, 11) is 0. The van der Waals surface area contributed by atoms with E-state index in [4.69, 9.17) is 0 Å². The van der Waals surface area contributed by atoms with Gasteiger partial charge in [0.1, 0.15) is 0 Å². The Balaban J connectivity index is 2.38. The Morgan fingerprint density at radius 1 is 1.32 bits per heavy atom. The van der Waals surface area contributed by atoms with E-state index in [2.05, 4.69) is 56.1 Å². The first-order chi connectivity index (χ1) is 8.99. The van der Waals surface area contributed by atoms with E-state index in [9.17, 15) is 5.11 Å². The van der Waals surface area contributed by atoms with Crippen LogP contribution in [-0.4, -0.2) is 36.9 Å². The molecule has 2 N–H and O–H groups in total. The van der Waals surface area contributed by atoms with Crippen LogP contribution in [-0.2, 0) is 0 Å². The van der Waals surface area contributed by atoms with Crippen LogP contribution in [0, 0.1) is 6.92 Å². The van der Waals surface area contributed by atoms with Crippen LogP contribution in [0.4, 0.5) is 5.69 Å². The monoisotopic (exact) mass is 262 g/mol. The number of anilines is 1. The average Bonchev–Trinajstić information content (AvgIpc) is 2.50. The SMILES string of the molecule is Cc1cccc(C(C)C)c1N1CC(O)CNC(C)C1. The summed E-state index contributed by atoms with van der Waals surface area (Å²) in [4.78, 5) is 2.35. The molecule has 1 saturated heterocycles. The normalized spacial score (nSPS) is 24.6. The standard InChI is InChI=1S/C16H26N2O/c1-11(2)15-7-5-6-12(3)16(15)18-9-13(4)17-8-14(19)10-18/h5-7,11,13-14,17,19H,8-10H2,1-4H3. The smallest absolute Gasteiger partial charge is 0.0839 e. The molecular formula is C16H26N2O. The quantitative estimate of drug-likeness (QED) is 0.858. The van der Waals surface area contributed by atoms with E-state index in [-0.39, 0.29) is 6.10 Å². The first kappa shape index (κ1) is 14.4. The van der Waals surface area contributed by atoms with Gasteiger partial charge in [-0.05, 0) is 30.9 Å². The van der Waals surface area contributed by atoms with Gasteiger partial charge in [-0.3, -0.25) is 0 Å². The van der Waals surface area contributed by atoms with Gasteiger partial charge in [0.15, 0.2) is 0 Å². The molecule has 2 unspecified atom stereocenters. The zero-order valence-corrected chi connectivity index (χ0v) is 12.5. The lowest BCUT2D eigenvalue weighted by molar-refractivity contribution is 0.183. The highest BCUT2D eigenvalue weighted by Crippen LogP contribution is 2.31. The number of aryl methyl sites for hydroxylation is 1. The molecule has 106 valence electrons.